The van der Waals surface area contributed by atoms with E-state index in [1.165, 1.54) is 33.2 Å². The van der Waals surface area contributed by atoms with Gasteiger partial charge in [-0.3, -0.25) is 4.98 Å². The Balaban J connectivity index is 0.000000233. The summed E-state index contributed by atoms with van der Waals surface area (Å²) in [6.45, 7) is 18.0. The zero-order valence-corrected chi connectivity index (χ0v) is 42.5. The zero-order chi connectivity index (χ0) is 43.2. The first kappa shape index (κ1) is 45.2. The minimum absolute atomic E-state index is 0. The third-order valence-corrected chi connectivity index (χ3v) is 16.0. The predicted molar refractivity (Wildman–Crippen MR) is 260 cm³/mol. The Morgan fingerprint density at radius 3 is 2.13 bits per heavy atom. The normalized spacial score (nSPS) is 12.0. The summed E-state index contributed by atoms with van der Waals surface area (Å²) >= 11 is -1.86. The van der Waals surface area contributed by atoms with Crippen molar-refractivity contribution in [3.8, 4) is 28.3 Å². The summed E-state index contributed by atoms with van der Waals surface area (Å²) in [4.78, 5) is 14.8. The van der Waals surface area contributed by atoms with E-state index in [0.29, 0.717) is 29.4 Å². The molecule has 0 aliphatic heterocycles. The van der Waals surface area contributed by atoms with E-state index in [0.717, 1.165) is 62.1 Å². The molecule has 0 amide bonds. The number of pyridine rings is 2. The molecule has 0 aliphatic carbocycles. The average Bonchev–Trinajstić information content (AvgIpc) is 3.81. The number of nitrogens with zero attached hydrogens (tertiary/aromatic N) is 4. The molecule has 319 valence electrons. The van der Waals surface area contributed by atoms with Gasteiger partial charge in [-0.25, -0.2) is 4.98 Å². The number of aromatic nitrogens is 4. The number of benzene rings is 5. The van der Waals surface area contributed by atoms with Gasteiger partial charge < -0.3 is 8.98 Å². The Labute approximate surface area is 384 Å². The van der Waals surface area contributed by atoms with E-state index in [1.807, 2.05) is 24.3 Å². The average molecular weight is 1060 g/mol. The van der Waals surface area contributed by atoms with Crippen LogP contribution in [-0.4, -0.2) is 32.8 Å². The maximum atomic E-state index is 6.55. The second-order valence-corrected chi connectivity index (χ2v) is 29.4. The number of hydrogen-bond acceptors (Lipinski definition) is 4. The Kier molecular flexibility index (Phi) is 13.4. The largest absolute Gasteiger partial charge is 0.486 e. The van der Waals surface area contributed by atoms with Gasteiger partial charge in [-0.2, -0.15) is 0 Å². The van der Waals surface area contributed by atoms with Gasteiger partial charge in [0.2, 0.25) is 5.71 Å². The molecule has 4 aromatic heterocycles. The van der Waals surface area contributed by atoms with E-state index in [9.17, 15) is 0 Å². The van der Waals surface area contributed by atoms with Crippen LogP contribution in [-0.2, 0) is 26.5 Å². The molecule has 1 radical (unpaired) electrons. The Bertz CT molecular complexity index is 3010. The Morgan fingerprint density at radius 2 is 1.44 bits per heavy atom. The third-order valence-electron chi connectivity index (χ3n) is 11.6. The van der Waals surface area contributed by atoms with Gasteiger partial charge >= 0.3 is 126 Å². The summed E-state index contributed by atoms with van der Waals surface area (Å²) in [6.07, 6.45) is 3.27. The molecule has 0 bridgehead atoms. The summed E-state index contributed by atoms with van der Waals surface area (Å²) in [5, 5.41) is 4.59. The summed E-state index contributed by atoms with van der Waals surface area (Å²) < 4.78 is 10.4. The van der Waals surface area contributed by atoms with Crippen LogP contribution >= 0.6 is 0 Å². The fraction of sp³-hybridized carbons (Fsp3) is 0.291. The minimum Gasteiger partial charge on any atom is -0.486 e. The van der Waals surface area contributed by atoms with Crippen molar-refractivity contribution in [2.45, 2.75) is 96.8 Å². The number of hydrogen-bond donors (Lipinski definition) is 0. The number of fused-ring (bicyclic) bond motifs is 5. The SMILES string of the molecule is CC(C)Cc1cc(-c2[c-]cccc2)nc[c]1[Ge]([CH3])([CH3])[CH3].CC(C)c1ccc2c(n1)oc1c(-c3nc4ccccc4n3-c3c(C(C)C)cc4ccccc4c3C(C)C)[c-]ccc12.[Ir]. The van der Waals surface area contributed by atoms with Gasteiger partial charge in [0.25, 0.3) is 0 Å². The molecule has 0 saturated carbocycles. The molecule has 0 aliphatic rings. The minimum atomic E-state index is -1.86. The first-order valence-corrected chi connectivity index (χ1v) is 29.3. The van der Waals surface area contributed by atoms with Crippen molar-refractivity contribution < 1.29 is 24.5 Å². The van der Waals surface area contributed by atoms with Crippen molar-refractivity contribution in [1.29, 1.82) is 0 Å². The molecule has 0 atom stereocenters. The quantitative estimate of drug-likeness (QED) is 0.107. The molecule has 5 nitrogen and oxygen atoms in total. The molecular weight excluding hydrogens is 997 g/mol. The van der Waals surface area contributed by atoms with Crippen molar-refractivity contribution in [2.75, 3.05) is 0 Å². The fourth-order valence-corrected chi connectivity index (χ4v) is 12.0. The standard InChI is InChI=1S/C37H34N3O.C18H24GeN.Ir/c1-21(2)29-20-24-12-7-8-13-25(24)33(23(5)6)34(29)40-32-17-10-9-16-31(32)38-36(40)28-15-11-14-26-27-18-19-30(22(3)4)39-37(27)41-35(26)28;1-14(2)11-16-12-18(15-9-7-6-8-10-15)20-13-17(16)19(3,4)5;/h7-14,16-23H,1-6H3;6-9,12-14H,11H2,1-5H3;/q2*-1;. The molecule has 0 saturated heterocycles. The van der Waals surface area contributed by atoms with Crippen LogP contribution in [0.25, 0.3) is 72.2 Å². The summed E-state index contributed by atoms with van der Waals surface area (Å²) in [7, 11) is 0. The molecule has 9 aromatic rings. The molecular formula is C55H58GeIrN4O-2. The number of imidazole rings is 1. The van der Waals surface area contributed by atoms with Gasteiger partial charge in [-0.05, 0) is 70.0 Å². The molecule has 0 N–H and O–H groups in total. The van der Waals surface area contributed by atoms with Crippen molar-refractivity contribution in [3.05, 3.63) is 150 Å². The fourth-order valence-electron chi connectivity index (χ4n) is 8.69. The van der Waals surface area contributed by atoms with Crippen LogP contribution in [0.2, 0.25) is 17.3 Å². The summed E-state index contributed by atoms with van der Waals surface area (Å²) in [5.74, 6) is 9.75. The van der Waals surface area contributed by atoms with E-state index >= 15 is 0 Å². The van der Waals surface area contributed by atoms with Crippen molar-refractivity contribution in [3.63, 3.8) is 0 Å². The Hall–Kier alpha value is -4.88. The topological polar surface area (TPSA) is 56.7 Å². The first-order valence-electron chi connectivity index (χ1n) is 21.9. The molecule has 9 rings (SSSR count). The van der Waals surface area contributed by atoms with Gasteiger partial charge in [0.1, 0.15) is 0 Å². The van der Waals surface area contributed by atoms with E-state index in [1.54, 1.807) is 4.40 Å². The van der Waals surface area contributed by atoms with E-state index in [-0.39, 0.29) is 20.1 Å². The van der Waals surface area contributed by atoms with E-state index < -0.39 is 13.3 Å². The number of furan rings is 1. The summed E-state index contributed by atoms with van der Waals surface area (Å²) in [5.41, 5.74) is 12.8. The van der Waals surface area contributed by atoms with Crippen molar-refractivity contribution in [1.82, 2.24) is 19.5 Å². The second-order valence-electron chi connectivity index (χ2n) is 18.8. The maximum Gasteiger partial charge on any atom is 0.216 e. The Morgan fingerprint density at radius 1 is 0.694 bits per heavy atom. The number of rotatable bonds is 9. The molecule has 5 aromatic carbocycles. The summed E-state index contributed by atoms with van der Waals surface area (Å²) in [6, 6.07) is 45.0. The van der Waals surface area contributed by atoms with Crippen LogP contribution < -0.4 is 4.40 Å². The van der Waals surface area contributed by atoms with Gasteiger partial charge in [-0.15, -0.1) is 18.2 Å². The van der Waals surface area contributed by atoms with Crippen LogP contribution in [0.5, 0.6) is 0 Å². The van der Waals surface area contributed by atoms with Gasteiger partial charge in [0, 0.05) is 36.9 Å². The molecule has 0 fully saturated rings. The van der Waals surface area contributed by atoms with Crippen LogP contribution in [0, 0.1) is 18.1 Å². The van der Waals surface area contributed by atoms with E-state index in [4.69, 9.17) is 19.4 Å². The van der Waals surface area contributed by atoms with Crippen LogP contribution in [0.3, 0.4) is 0 Å². The zero-order valence-electron chi connectivity index (χ0n) is 38.0. The maximum absolute atomic E-state index is 6.55. The van der Waals surface area contributed by atoms with Crippen molar-refractivity contribution in [2.24, 2.45) is 5.92 Å². The van der Waals surface area contributed by atoms with Gasteiger partial charge in [0.05, 0.1) is 22.4 Å². The monoisotopic (exact) mass is 1060 g/mol. The second kappa shape index (κ2) is 18.5. The van der Waals surface area contributed by atoms with Crippen LogP contribution in [0.15, 0.2) is 120 Å². The molecule has 4 heterocycles. The van der Waals surface area contributed by atoms with E-state index in [2.05, 4.69) is 180 Å². The molecule has 0 spiro atoms. The van der Waals surface area contributed by atoms with Crippen LogP contribution in [0.1, 0.15) is 95.5 Å². The molecule has 0 unspecified atom stereocenters. The first-order chi connectivity index (χ1) is 29.2. The third kappa shape index (κ3) is 8.84. The number of para-hydroxylation sites is 2. The smallest absolute Gasteiger partial charge is 0.216 e. The van der Waals surface area contributed by atoms with Gasteiger partial charge in [-0.1, -0.05) is 88.9 Å². The predicted octanol–water partition coefficient (Wildman–Crippen LogP) is 14.6. The van der Waals surface area contributed by atoms with Crippen LogP contribution in [0.4, 0.5) is 0 Å². The molecule has 7 heteroatoms. The molecule has 62 heavy (non-hydrogen) atoms. The van der Waals surface area contributed by atoms with Crippen molar-refractivity contribution >= 4 is 61.5 Å². The van der Waals surface area contributed by atoms with Gasteiger partial charge in [0.15, 0.2) is 0 Å².